The fourth-order valence-electron chi connectivity index (χ4n) is 1.33. The first-order valence-electron chi connectivity index (χ1n) is 3.18. The summed E-state index contributed by atoms with van der Waals surface area (Å²) >= 11 is 0. The van der Waals surface area contributed by atoms with Gasteiger partial charge in [-0.25, -0.2) is 4.98 Å². The number of nitrogen functional groups attached to an aromatic ring is 1. The third-order valence-electron chi connectivity index (χ3n) is 1.81. The number of hydrogen-bond acceptors (Lipinski definition) is 2. The Labute approximate surface area is 53.5 Å². The molecule has 2 rings (SSSR count). The number of hydrogen-bond donors (Lipinski definition) is 1. The number of nitrogens with zero attached hydrogens (tertiary/aromatic N) is 2. The minimum absolute atomic E-state index is 1.10. The normalized spacial score (nSPS) is 16.0. The van der Waals surface area contributed by atoms with Crippen LogP contribution in [0.25, 0.3) is 0 Å². The summed E-state index contributed by atoms with van der Waals surface area (Å²) in [6.07, 6.45) is 5.12. The molecule has 1 aromatic heterocycles. The Morgan fingerprint density at radius 2 is 2.44 bits per heavy atom. The van der Waals surface area contributed by atoms with Crippen LogP contribution in [0.2, 0.25) is 0 Å². The van der Waals surface area contributed by atoms with E-state index in [9.17, 15) is 0 Å². The van der Waals surface area contributed by atoms with E-state index >= 15 is 0 Å². The predicted molar refractivity (Wildman–Crippen MR) is 34.4 cm³/mol. The van der Waals surface area contributed by atoms with Crippen molar-refractivity contribution in [2.45, 2.75) is 19.3 Å². The first-order chi connectivity index (χ1) is 4.38. The molecule has 0 atom stereocenters. The lowest BCUT2D eigenvalue weighted by Gasteiger charge is -1.93. The molecule has 3 heteroatoms. The third-order valence-corrected chi connectivity index (χ3v) is 1.81. The highest BCUT2D eigenvalue weighted by Crippen LogP contribution is 2.17. The molecule has 0 fully saturated rings. The quantitative estimate of drug-likeness (QED) is 0.497. The average molecular weight is 123 g/mol. The Balaban J connectivity index is 2.56. The minimum atomic E-state index is 1.10. The molecule has 1 aliphatic rings. The second-order valence-corrected chi connectivity index (χ2v) is 2.40. The highest BCUT2D eigenvalue weighted by atomic mass is 15.3. The predicted octanol–water partition coefficient (Wildman–Crippen LogP) is 0.0856. The van der Waals surface area contributed by atoms with Crippen LogP contribution < -0.4 is 5.84 Å². The van der Waals surface area contributed by atoms with Gasteiger partial charge in [0.25, 0.3) is 0 Å². The fourth-order valence-corrected chi connectivity index (χ4v) is 1.33. The Morgan fingerprint density at radius 3 is 3.22 bits per heavy atom. The summed E-state index contributed by atoms with van der Waals surface area (Å²) in [5.41, 5.74) is 2.41. The van der Waals surface area contributed by atoms with Gasteiger partial charge < -0.3 is 5.84 Å². The fraction of sp³-hybridized carbons (Fsp3) is 0.500. The zero-order chi connectivity index (χ0) is 6.27. The Hall–Kier alpha value is -0.990. The van der Waals surface area contributed by atoms with Crippen molar-refractivity contribution in [1.29, 1.82) is 0 Å². The molecule has 1 aromatic rings. The van der Waals surface area contributed by atoms with Crippen molar-refractivity contribution >= 4 is 0 Å². The van der Waals surface area contributed by atoms with E-state index in [0.717, 1.165) is 12.8 Å². The molecular formula is C6H9N3. The lowest BCUT2D eigenvalue weighted by molar-refractivity contribution is 0.828. The lowest BCUT2D eigenvalue weighted by Crippen LogP contribution is -2.09. The topological polar surface area (TPSA) is 43.8 Å². The summed E-state index contributed by atoms with van der Waals surface area (Å²) < 4.78 is 1.63. The van der Waals surface area contributed by atoms with E-state index in [4.69, 9.17) is 5.84 Å². The zero-order valence-corrected chi connectivity index (χ0v) is 5.17. The molecular weight excluding hydrogens is 114 g/mol. The molecule has 0 radical (unpaired) electrons. The first kappa shape index (κ1) is 4.85. The van der Waals surface area contributed by atoms with Crippen molar-refractivity contribution in [3.63, 3.8) is 0 Å². The van der Waals surface area contributed by atoms with Gasteiger partial charge in [0.05, 0.1) is 11.4 Å². The zero-order valence-electron chi connectivity index (χ0n) is 5.17. The van der Waals surface area contributed by atoms with Crippen LogP contribution in [0.3, 0.4) is 0 Å². The maximum atomic E-state index is 5.55. The molecule has 2 N–H and O–H groups in total. The Bertz CT molecular complexity index is 226. The molecule has 48 valence electrons. The number of nitrogens with two attached hydrogens (primary N) is 1. The molecule has 0 spiro atoms. The largest absolute Gasteiger partial charge is 0.338 e. The molecule has 9 heavy (non-hydrogen) atoms. The maximum absolute atomic E-state index is 5.55. The van der Waals surface area contributed by atoms with Crippen molar-refractivity contribution in [3.05, 3.63) is 17.7 Å². The summed E-state index contributed by atoms with van der Waals surface area (Å²) in [5, 5.41) is 0. The molecule has 0 aromatic carbocycles. The van der Waals surface area contributed by atoms with E-state index in [1.807, 2.05) is 0 Å². The lowest BCUT2D eigenvalue weighted by atomic mass is 10.4. The van der Waals surface area contributed by atoms with Gasteiger partial charge in [-0.2, -0.15) is 0 Å². The van der Waals surface area contributed by atoms with E-state index in [1.165, 1.54) is 17.8 Å². The Kier molecular flexibility index (Phi) is 0.806. The molecule has 0 aliphatic heterocycles. The van der Waals surface area contributed by atoms with Crippen molar-refractivity contribution < 1.29 is 0 Å². The number of aromatic nitrogens is 2. The van der Waals surface area contributed by atoms with Gasteiger partial charge in [-0.05, 0) is 19.3 Å². The summed E-state index contributed by atoms with van der Waals surface area (Å²) in [4.78, 5) is 4.13. The van der Waals surface area contributed by atoms with Crippen LogP contribution in [0, 0.1) is 0 Å². The molecule has 3 nitrogen and oxygen atoms in total. The summed E-state index contributed by atoms with van der Waals surface area (Å²) in [6, 6.07) is 0. The standard InChI is InChI=1S/C6H9N3/c7-9-4-8-5-2-1-3-6(5)9/h4H,1-3,7H2. The van der Waals surface area contributed by atoms with E-state index in [1.54, 1.807) is 11.0 Å². The van der Waals surface area contributed by atoms with Crippen molar-refractivity contribution in [3.8, 4) is 0 Å². The van der Waals surface area contributed by atoms with Crippen LogP contribution in [0.4, 0.5) is 0 Å². The van der Waals surface area contributed by atoms with Crippen LogP contribution in [-0.4, -0.2) is 9.66 Å². The maximum Gasteiger partial charge on any atom is 0.114 e. The van der Waals surface area contributed by atoms with Crippen LogP contribution in [-0.2, 0) is 12.8 Å². The SMILES string of the molecule is Nn1cnc2c1CCC2. The number of aryl methyl sites for hydroxylation is 1. The van der Waals surface area contributed by atoms with Gasteiger partial charge in [0.15, 0.2) is 0 Å². The molecule has 0 bridgehead atoms. The summed E-state index contributed by atoms with van der Waals surface area (Å²) in [6.45, 7) is 0. The second-order valence-electron chi connectivity index (χ2n) is 2.40. The summed E-state index contributed by atoms with van der Waals surface area (Å²) in [5.74, 6) is 5.55. The van der Waals surface area contributed by atoms with E-state index in [2.05, 4.69) is 4.98 Å². The van der Waals surface area contributed by atoms with Crippen LogP contribution in [0.5, 0.6) is 0 Å². The summed E-state index contributed by atoms with van der Waals surface area (Å²) in [7, 11) is 0. The third kappa shape index (κ3) is 0.542. The molecule has 0 unspecified atom stereocenters. The highest BCUT2D eigenvalue weighted by molar-refractivity contribution is 5.18. The minimum Gasteiger partial charge on any atom is -0.338 e. The van der Waals surface area contributed by atoms with Gasteiger partial charge in [-0.3, -0.25) is 4.68 Å². The smallest absolute Gasteiger partial charge is 0.114 e. The average Bonchev–Trinajstić information content (AvgIpc) is 2.35. The Morgan fingerprint density at radius 1 is 1.56 bits per heavy atom. The number of imidazole rings is 1. The molecule has 1 heterocycles. The molecule has 0 saturated carbocycles. The van der Waals surface area contributed by atoms with Crippen molar-refractivity contribution in [1.82, 2.24) is 9.66 Å². The van der Waals surface area contributed by atoms with E-state index < -0.39 is 0 Å². The molecule has 0 amide bonds. The van der Waals surface area contributed by atoms with Gasteiger partial charge >= 0.3 is 0 Å². The highest BCUT2D eigenvalue weighted by Gasteiger charge is 2.14. The second kappa shape index (κ2) is 1.50. The number of fused-ring (bicyclic) bond motifs is 1. The molecule has 0 saturated heterocycles. The van der Waals surface area contributed by atoms with Crippen molar-refractivity contribution in [2.24, 2.45) is 0 Å². The van der Waals surface area contributed by atoms with E-state index in [0.29, 0.717) is 0 Å². The van der Waals surface area contributed by atoms with Gasteiger partial charge in [0.2, 0.25) is 0 Å². The number of rotatable bonds is 0. The van der Waals surface area contributed by atoms with Gasteiger partial charge in [0, 0.05) is 0 Å². The van der Waals surface area contributed by atoms with Crippen LogP contribution in [0.1, 0.15) is 17.8 Å². The van der Waals surface area contributed by atoms with Crippen molar-refractivity contribution in [2.75, 3.05) is 5.84 Å². The first-order valence-corrected chi connectivity index (χ1v) is 3.18. The van der Waals surface area contributed by atoms with E-state index in [-0.39, 0.29) is 0 Å². The van der Waals surface area contributed by atoms with Crippen LogP contribution in [0.15, 0.2) is 6.33 Å². The van der Waals surface area contributed by atoms with Gasteiger partial charge in [0.1, 0.15) is 6.33 Å². The van der Waals surface area contributed by atoms with Gasteiger partial charge in [-0.15, -0.1) is 0 Å². The molecule has 1 aliphatic carbocycles. The monoisotopic (exact) mass is 123 g/mol. The van der Waals surface area contributed by atoms with Crippen LogP contribution >= 0.6 is 0 Å². The van der Waals surface area contributed by atoms with Gasteiger partial charge in [-0.1, -0.05) is 0 Å².